The molecular formula is C23H21ClN4O2S. The highest BCUT2D eigenvalue weighted by atomic mass is 35.5. The Labute approximate surface area is 186 Å². The molecule has 4 rings (SSSR count). The minimum Gasteiger partial charge on any atom is -0.311 e. The molecule has 0 spiro atoms. The first-order chi connectivity index (χ1) is 15.0. The Balaban J connectivity index is 1.32. The molecule has 0 aliphatic rings. The Morgan fingerprint density at radius 3 is 2.58 bits per heavy atom. The van der Waals surface area contributed by atoms with E-state index in [1.807, 2.05) is 36.4 Å². The van der Waals surface area contributed by atoms with Gasteiger partial charge in [-0.15, -0.1) is 0 Å². The van der Waals surface area contributed by atoms with Crippen molar-refractivity contribution in [3.05, 3.63) is 90.0 Å². The lowest BCUT2D eigenvalue weighted by molar-refractivity contribution is 0.577. The van der Waals surface area contributed by atoms with Gasteiger partial charge in [0.15, 0.2) is 0 Å². The second kappa shape index (κ2) is 9.53. The van der Waals surface area contributed by atoms with E-state index in [1.165, 1.54) is 0 Å². The summed E-state index contributed by atoms with van der Waals surface area (Å²) in [5.74, 6) is 0. The van der Waals surface area contributed by atoms with Crippen molar-refractivity contribution < 1.29 is 8.42 Å². The maximum atomic E-state index is 12.7. The standard InChI is InChI=1S/C23H21ClN4O2S/c24-22-13-17(6-7-20(22)18-4-2-9-25-15-18)14-27-11-12-28-31(29,30)23-5-1-3-19-16-26-10-8-21(19)23/h1-10,13,15-16,27-28H,11-12,14H2. The molecule has 6 nitrogen and oxygen atoms in total. The zero-order valence-electron chi connectivity index (χ0n) is 16.6. The Hall–Kier alpha value is -2.84. The van der Waals surface area contributed by atoms with E-state index in [1.54, 1.807) is 43.0 Å². The van der Waals surface area contributed by atoms with Gasteiger partial charge in [-0.1, -0.05) is 41.9 Å². The van der Waals surface area contributed by atoms with Crippen molar-refractivity contribution >= 4 is 32.4 Å². The fraction of sp³-hybridized carbons (Fsp3) is 0.130. The summed E-state index contributed by atoms with van der Waals surface area (Å²) in [7, 11) is -3.62. The number of pyridine rings is 2. The molecule has 0 bridgehead atoms. The molecule has 158 valence electrons. The number of hydrogen-bond donors (Lipinski definition) is 2. The van der Waals surface area contributed by atoms with Crippen molar-refractivity contribution in [2.24, 2.45) is 0 Å². The van der Waals surface area contributed by atoms with Crippen molar-refractivity contribution in [2.45, 2.75) is 11.4 Å². The molecule has 2 heterocycles. The number of fused-ring (bicyclic) bond motifs is 1. The van der Waals surface area contributed by atoms with Gasteiger partial charge in [0.2, 0.25) is 10.0 Å². The van der Waals surface area contributed by atoms with Crippen LogP contribution in [0.5, 0.6) is 0 Å². The Kier molecular flexibility index (Phi) is 6.58. The van der Waals surface area contributed by atoms with Crippen molar-refractivity contribution in [3.8, 4) is 11.1 Å². The van der Waals surface area contributed by atoms with E-state index in [9.17, 15) is 8.42 Å². The Morgan fingerprint density at radius 2 is 1.77 bits per heavy atom. The summed E-state index contributed by atoms with van der Waals surface area (Å²) >= 11 is 6.43. The van der Waals surface area contributed by atoms with Crippen LogP contribution in [0.4, 0.5) is 0 Å². The summed E-state index contributed by atoms with van der Waals surface area (Å²) in [4.78, 5) is 8.42. The average Bonchev–Trinajstić information content (AvgIpc) is 2.79. The zero-order valence-corrected chi connectivity index (χ0v) is 18.2. The molecule has 0 saturated carbocycles. The number of rotatable bonds is 8. The maximum absolute atomic E-state index is 12.7. The summed E-state index contributed by atoms with van der Waals surface area (Å²) in [5, 5.41) is 5.33. The molecule has 0 unspecified atom stereocenters. The van der Waals surface area contributed by atoms with Crippen LogP contribution in [-0.2, 0) is 16.6 Å². The van der Waals surface area contributed by atoms with E-state index in [4.69, 9.17) is 11.6 Å². The Morgan fingerprint density at radius 1 is 0.903 bits per heavy atom. The molecule has 0 amide bonds. The molecule has 2 aromatic carbocycles. The predicted molar refractivity (Wildman–Crippen MR) is 123 cm³/mol. The molecule has 4 aromatic rings. The van der Waals surface area contributed by atoms with Crippen LogP contribution in [-0.4, -0.2) is 31.5 Å². The number of benzene rings is 2. The highest BCUT2D eigenvalue weighted by Gasteiger charge is 2.16. The molecule has 31 heavy (non-hydrogen) atoms. The summed E-state index contributed by atoms with van der Waals surface area (Å²) in [6.45, 7) is 1.33. The topological polar surface area (TPSA) is 84.0 Å². The quantitative estimate of drug-likeness (QED) is 0.394. The van der Waals surface area contributed by atoms with Crippen molar-refractivity contribution in [1.29, 1.82) is 0 Å². The van der Waals surface area contributed by atoms with E-state index < -0.39 is 10.0 Å². The number of aromatic nitrogens is 2. The summed E-state index contributed by atoms with van der Waals surface area (Å²) < 4.78 is 28.1. The first-order valence-corrected chi connectivity index (χ1v) is 11.6. The van der Waals surface area contributed by atoms with Crippen LogP contribution in [0, 0.1) is 0 Å². The lowest BCUT2D eigenvalue weighted by atomic mass is 10.1. The molecule has 2 aromatic heterocycles. The highest BCUT2D eigenvalue weighted by Crippen LogP contribution is 2.28. The van der Waals surface area contributed by atoms with Crippen LogP contribution in [0.3, 0.4) is 0 Å². The fourth-order valence-electron chi connectivity index (χ4n) is 3.34. The van der Waals surface area contributed by atoms with Gasteiger partial charge in [0.1, 0.15) is 0 Å². The van der Waals surface area contributed by atoms with Gasteiger partial charge in [0.05, 0.1) is 4.90 Å². The smallest absolute Gasteiger partial charge is 0.241 e. The summed E-state index contributed by atoms with van der Waals surface area (Å²) in [5.41, 5.74) is 2.91. The van der Waals surface area contributed by atoms with Crippen LogP contribution in [0.1, 0.15) is 5.56 Å². The lowest BCUT2D eigenvalue weighted by Crippen LogP contribution is -2.31. The minimum atomic E-state index is -3.62. The molecule has 0 saturated heterocycles. The molecule has 2 N–H and O–H groups in total. The van der Waals surface area contributed by atoms with Crippen LogP contribution in [0.25, 0.3) is 21.9 Å². The van der Waals surface area contributed by atoms with E-state index >= 15 is 0 Å². The Bertz CT molecular complexity index is 1290. The van der Waals surface area contributed by atoms with E-state index in [0.29, 0.717) is 23.5 Å². The largest absolute Gasteiger partial charge is 0.311 e. The van der Waals surface area contributed by atoms with Crippen LogP contribution < -0.4 is 10.0 Å². The third kappa shape index (κ3) is 5.08. The van der Waals surface area contributed by atoms with E-state index in [-0.39, 0.29) is 11.4 Å². The number of nitrogens with zero attached hydrogens (tertiary/aromatic N) is 2. The molecule has 8 heteroatoms. The second-order valence-corrected chi connectivity index (χ2v) is 9.13. The van der Waals surface area contributed by atoms with Gasteiger partial charge >= 0.3 is 0 Å². The molecule has 0 atom stereocenters. The average molecular weight is 453 g/mol. The highest BCUT2D eigenvalue weighted by molar-refractivity contribution is 7.89. The van der Waals surface area contributed by atoms with E-state index in [2.05, 4.69) is 20.0 Å². The van der Waals surface area contributed by atoms with Gasteiger partial charge in [-0.2, -0.15) is 0 Å². The molecular weight excluding hydrogens is 432 g/mol. The van der Waals surface area contributed by atoms with Crippen molar-refractivity contribution in [3.63, 3.8) is 0 Å². The number of sulfonamides is 1. The van der Waals surface area contributed by atoms with Crippen LogP contribution in [0.2, 0.25) is 5.02 Å². The molecule has 0 radical (unpaired) electrons. The normalized spacial score (nSPS) is 11.6. The minimum absolute atomic E-state index is 0.255. The third-order valence-electron chi connectivity index (χ3n) is 4.86. The first-order valence-electron chi connectivity index (χ1n) is 9.76. The summed E-state index contributed by atoms with van der Waals surface area (Å²) in [6.07, 6.45) is 6.74. The molecule has 0 fully saturated rings. The third-order valence-corrected chi connectivity index (χ3v) is 6.69. The summed E-state index contributed by atoms with van der Waals surface area (Å²) in [6, 6.07) is 16.6. The lowest BCUT2D eigenvalue weighted by Gasteiger charge is -2.11. The number of nitrogens with one attached hydrogen (secondary N) is 2. The molecule has 0 aliphatic carbocycles. The monoisotopic (exact) mass is 452 g/mol. The van der Waals surface area contributed by atoms with Crippen molar-refractivity contribution in [2.75, 3.05) is 13.1 Å². The van der Waals surface area contributed by atoms with Crippen LogP contribution in [0.15, 0.2) is 84.3 Å². The van der Waals surface area contributed by atoms with E-state index in [0.717, 1.165) is 22.1 Å². The van der Waals surface area contributed by atoms with Gasteiger partial charge in [0.25, 0.3) is 0 Å². The number of hydrogen-bond acceptors (Lipinski definition) is 5. The zero-order chi connectivity index (χ0) is 21.7. The van der Waals surface area contributed by atoms with Gasteiger partial charge in [-0.3, -0.25) is 9.97 Å². The number of halogens is 1. The van der Waals surface area contributed by atoms with Gasteiger partial charge in [-0.05, 0) is 29.8 Å². The SMILES string of the molecule is O=S(=O)(NCCNCc1ccc(-c2cccnc2)c(Cl)c1)c1cccc2cnccc12. The van der Waals surface area contributed by atoms with Gasteiger partial charge < -0.3 is 5.32 Å². The molecule has 0 aliphatic heterocycles. The predicted octanol–water partition coefficient (Wildman–Crippen LogP) is 4.02. The fourth-order valence-corrected chi connectivity index (χ4v) is 4.91. The maximum Gasteiger partial charge on any atom is 0.241 e. The first kappa shape index (κ1) is 21.4. The van der Waals surface area contributed by atoms with Crippen molar-refractivity contribution in [1.82, 2.24) is 20.0 Å². The van der Waals surface area contributed by atoms with Gasteiger partial charge in [-0.25, -0.2) is 13.1 Å². The van der Waals surface area contributed by atoms with Gasteiger partial charge in [0, 0.05) is 71.3 Å². The second-order valence-electron chi connectivity index (χ2n) is 6.98. The van der Waals surface area contributed by atoms with Crippen LogP contribution >= 0.6 is 11.6 Å².